The highest BCUT2D eigenvalue weighted by atomic mass is 32.1. The summed E-state index contributed by atoms with van der Waals surface area (Å²) in [5.74, 6) is -1.12. The first-order valence-corrected chi connectivity index (χ1v) is 7.07. The molecule has 0 unspecified atom stereocenters. The van der Waals surface area contributed by atoms with Crippen molar-refractivity contribution < 1.29 is 19.8 Å². The molecule has 1 atom stereocenters. The van der Waals surface area contributed by atoms with Crippen LogP contribution in [0.15, 0.2) is 41.4 Å². The van der Waals surface area contributed by atoms with Crippen LogP contribution in [0.4, 0.5) is 5.69 Å². The lowest BCUT2D eigenvalue weighted by atomic mass is 9.87. The molecule has 0 saturated carbocycles. The summed E-state index contributed by atoms with van der Waals surface area (Å²) in [7, 11) is 0. The third-order valence-corrected chi connectivity index (χ3v) is 3.29. The van der Waals surface area contributed by atoms with E-state index in [-0.39, 0.29) is 6.61 Å². The summed E-state index contributed by atoms with van der Waals surface area (Å²) >= 11 is 4.14. The molecule has 0 fully saturated rings. The lowest BCUT2D eigenvalue weighted by molar-refractivity contribution is -0.136. The first-order valence-electron chi connectivity index (χ1n) is 6.62. The van der Waals surface area contributed by atoms with Crippen LogP contribution in [0.1, 0.15) is 13.8 Å². The second-order valence-corrected chi connectivity index (χ2v) is 5.94. The molecule has 0 aliphatic rings. The fourth-order valence-corrected chi connectivity index (χ4v) is 1.60. The summed E-state index contributed by atoms with van der Waals surface area (Å²) in [4.78, 5) is 24.1. The molecule has 0 spiro atoms. The fourth-order valence-electron chi connectivity index (χ4n) is 1.45. The second-order valence-electron chi connectivity index (χ2n) is 5.43. The van der Waals surface area contributed by atoms with Crippen molar-refractivity contribution in [3.63, 3.8) is 0 Å². The predicted molar refractivity (Wildman–Crippen MR) is 86.5 cm³/mol. The number of nitrogens with one attached hydrogen (secondary N) is 2. The maximum absolute atomic E-state index is 11.7. The molecule has 0 heterocycles. The number of thiol groups is 1. The fraction of sp³-hybridized carbons (Fsp3) is 0.333. The highest BCUT2D eigenvalue weighted by molar-refractivity contribution is 7.80. The average Bonchev–Trinajstić information content (AvgIpc) is 2.48. The summed E-state index contributed by atoms with van der Waals surface area (Å²) in [6, 6.07) is 6.86. The Hall–Kier alpha value is -1.83. The summed E-state index contributed by atoms with van der Waals surface area (Å²) in [5.41, 5.74) is -0.366. The number of carbonyl (C=O) groups excluding carboxylic acids is 2. The van der Waals surface area contributed by atoms with E-state index in [9.17, 15) is 14.7 Å². The molecule has 0 aliphatic carbocycles. The van der Waals surface area contributed by atoms with E-state index in [1.54, 1.807) is 38.1 Å². The van der Waals surface area contributed by atoms with E-state index >= 15 is 0 Å². The third kappa shape index (κ3) is 5.51. The van der Waals surface area contributed by atoms with Gasteiger partial charge in [0.1, 0.15) is 6.10 Å². The topological polar surface area (TPSA) is 98.7 Å². The van der Waals surface area contributed by atoms with Gasteiger partial charge in [-0.25, -0.2) is 0 Å². The van der Waals surface area contributed by atoms with Crippen LogP contribution in [-0.4, -0.2) is 34.7 Å². The smallest absolute Gasteiger partial charge is 0.253 e. The van der Waals surface area contributed by atoms with Gasteiger partial charge < -0.3 is 20.8 Å². The predicted octanol–water partition coefficient (Wildman–Crippen LogP) is 0.923. The number of rotatable bonds is 6. The van der Waals surface area contributed by atoms with E-state index in [2.05, 4.69) is 23.3 Å². The summed E-state index contributed by atoms with van der Waals surface area (Å²) in [6.45, 7) is 2.77. The molecular formula is C15H20N2O4S. The molecule has 1 aromatic carbocycles. The first-order chi connectivity index (χ1) is 10.3. The molecule has 6 nitrogen and oxygen atoms in total. The minimum atomic E-state index is -1.38. The Morgan fingerprint density at radius 2 is 1.91 bits per heavy atom. The monoisotopic (exact) mass is 324 g/mol. The highest BCUT2D eigenvalue weighted by Crippen LogP contribution is 2.19. The van der Waals surface area contributed by atoms with Gasteiger partial charge in [-0.15, -0.1) is 12.6 Å². The van der Waals surface area contributed by atoms with Gasteiger partial charge >= 0.3 is 0 Å². The zero-order valence-corrected chi connectivity index (χ0v) is 13.3. The minimum Gasteiger partial charge on any atom is -0.396 e. The van der Waals surface area contributed by atoms with Gasteiger partial charge in [-0.3, -0.25) is 9.59 Å². The Balaban J connectivity index is 2.49. The number of aliphatic hydroxyl groups excluding tert-OH is 2. The van der Waals surface area contributed by atoms with Crippen LogP contribution in [0, 0.1) is 5.41 Å². The molecule has 120 valence electrons. The number of hydrogen-bond acceptors (Lipinski definition) is 5. The van der Waals surface area contributed by atoms with E-state index < -0.39 is 23.3 Å². The summed E-state index contributed by atoms with van der Waals surface area (Å²) < 4.78 is 0. The Morgan fingerprint density at radius 1 is 1.32 bits per heavy atom. The number of amides is 2. The average molecular weight is 324 g/mol. The largest absolute Gasteiger partial charge is 0.396 e. The lowest BCUT2D eigenvalue weighted by Gasteiger charge is -2.26. The molecule has 2 amide bonds. The minimum absolute atomic E-state index is 0.340. The molecule has 0 aliphatic heterocycles. The number of aliphatic hydroxyl groups is 2. The van der Waals surface area contributed by atoms with E-state index in [4.69, 9.17) is 5.11 Å². The van der Waals surface area contributed by atoms with Gasteiger partial charge in [0.25, 0.3) is 5.91 Å². The molecule has 0 bridgehead atoms. The van der Waals surface area contributed by atoms with Crippen LogP contribution >= 0.6 is 12.6 Å². The van der Waals surface area contributed by atoms with Crippen LogP contribution in [-0.2, 0) is 9.59 Å². The summed E-state index contributed by atoms with van der Waals surface area (Å²) in [6.07, 6.45) is 0.889. The maximum atomic E-state index is 11.7. The van der Waals surface area contributed by atoms with Crippen molar-refractivity contribution in [2.75, 3.05) is 11.9 Å². The van der Waals surface area contributed by atoms with Crippen LogP contribution in [0.25, 0.3) is 0 Å². The quantitative estimate of drug-likeness (QED) is 0.397. The maximum Gasteiger partial charge on any atom is 0.253 e. The van der Waals surface area contributed by atoms with Gasteiger partial charge in [-0.2, -0.15) is 0 Å². The van der Waals surface area contributed by atoms with Crippen molar-refractivity contribution >= 4 is 30.1 Å². The van der Waals surface area contributed by atoms with Crippen molar-refractivity contribution in [2.45, 2.75) is 24.8 Å². The Labute approximate surface area is 134 Å². The molecule has 1 rings (SSSR count). The van der Waals surface area contributed by atoms with E-state index in [0.29, 0.717) is 5.69 Å². The zero-order valence-electron chi connectivity index (χ0n) is 12.4. The van der Waals surface area contributed by atoms with Gasteiger partial charge in [-0.05, 0) is 24.3 Å². The zero-order chi connectivity index (χ0) is 16.8. The third-order valence-electron chi connectivity index (χ3n) is 2.99. The molecule has 7 heteroatoms. The van der Waals surface area contributed by atoms with Crippen molar-refractivity contribution in [1.82, 2.24) is 5.32 Å². The van der Waals surface area contributed by atoms with Crippen LogP contribution in [0.2, 0.25) is 0 Å². The van der Waals surface area contributed by atoms with Gasteiger partial charge in [0, 0.05) is 28.3 Å². The Morgan fingerprint density at radius 3 is 2.45 bits per heavy atom. The molecule has 0 aromatic heterocycles. The van der Waals surface area contributed by atoms with E-state index in [0.717, 1.165) is 17.2 Å². The van der Waals surface area contributed by atoms with Gasteiger partial charge in [0.05, 0.1) is 6.61 Å². The number of anilines is 1. The molecule has 0 saturated heterocycles. The van der Waals surface area contributed by atoms with Crippen molar-refractivity contribution in [3.05, 3.63) is 36.5 Å². The molecule has 0 radical (unpaired) electrons. The lowest BCUT2D eigenvalue weighted by Crippen LogP contribution is -2.44. The van der Waals surface area contributed by atoms with Crippen molar-refractivity contribution in [3.8, 4) is 0 Å². The Bertz CT molecular complexity index is 555. The van der Waals surface area contributed by atoms with Crippen LogP contribution in [0.3, 0.4) is 0 Å². The standard InChI is InChI=1S/C15H20N2O4S/c1-15(2,9-18)13(20)14(21)16-8-7-12(19)17-10-3-5-11(22)6-4-10/h3-8,13,18,20,22H,9H2,1-2H3,(H,16,21)(H,17,19)/b8-7+/t13-/m0/s1. The van der Waals surface area contributed by atoms with E-state index in [1.807, 2.05) is 0 Å². The SMILES string of the molecule is CC(C)(CO)[C@@H](O)C(=O)N/C=C/C(=O)Nc1ccc(S)cc1. The molecule has 22 heavy (non-hydrogen) atoms. The van der Waals surface area contributed by atoms with Crippen molar-refractivity contribution in [2.24, 2.45) is 5.41 Å². The van der Waals surface area contributed by atoms with Crippen molar-refractivity contribution in [1.29, 1.82) is 0 Å². The highest BCUT2D eigenvalue weighted by Gasteiger charge is 2.32. The summed E-state index contributed by atoms with van der Waals surface area (Å²) in [5, 5.41) is 23.7. The normalized spacial score (nSPS) is 13.0. The number of benzene rings is 1. The van der Waals surface area contributed by atoms with E-state index in [1.165, 1.54) is 0 Å². The molecular weight excluding hydrogens is 304 g/mol. The van der Waals surface area contributed by atoms with Gasteiger partial charge in [0.15, 0.2) is 0 Å². The number of carbonyl (C=O) groups is 2. The second kappa shape index (κ2) is 7.98. The van der Waals surface area contributed by atoms with Crippen LogP contribution < -0.4 is 10.6 Å². The van der Waals surface area contributed by atoms with Gasteiger partial charge in [0.2, 0.25) is 5.91 Å². The number of hydrogen-bond donors (Lipinski definition) is 5. The molecule has 4 N–H and O–H groups in total. The van der Waals surface area contributed by atoms with Crippen LogP contribution in [0.5, 0.6) is 0 Å². The van der Waals surface area contributed by atoms with Gasteiger partial charge in [-0.1, -0.05) is 13.8 Å². The first kappa shape index (κ1) is 18.2. The Kier molecular flexibility index (Phi) is 6.61. The molecule has 1 aromatic rings.